The van der Waals surface area contributed by atoms with Crippen molar-refractivity contribution in [3.8, 4) is 0 Å². The monoisotopic (exact) mass is 307 g/mol. The van der Waals surface area contributed by atoms with Crippen LogP contribution in [0, 0.1) is 5.82 Å². The SMILES string of the molecule is CN(C)c1nc(N2CCN(C3CCCC3)C(=O)C2)ncc1F. The Hall–Kier alpha value is -1.92. The van der Waals surface area contributed by atoms with Crippen molar-refractivity contribution in [2.45, 2.75) is 31.7 Å². The van der Waals surface area contributed by atoms with Crippen LogP contribution in [0.3, 0.4) is 0 Å². The molecule has 0 radical (unpaired) electrons. The van der Waals surface area contributed by atoms with Crippen LogP contribution < -0.4 is 9.80 Å². The summed E-state index contributed by atoms with van der Waals surface area (Å²) in [4.78, 5) is 26.1. The minimum atomic E-state index is -0.454. The number of rotatable bonds is 3. The van der Waals surface area contributed by atoms with E-state index in [1.165, 1.54) is 19.0 Å². The molecule has 2 aliphatic rings. The smallest absolute Gasteiger partial charge is 0.242 e. The molecular weight excluding hydrogens is 285 g/mol. The van der Waals surface area contributed by atoms with Gasteiger partial charge in [-0.2, -0.15) is 4.98 Å². The normalized spacial score (nSPS) is 19.9. The van der Waals surface area contributed by atoms with E-state index in [4.69, 9.17) is 0 Å². The molecule has 120 valence electrons. The molecule has 0 atom stereocenters. The van der Waals surface area contributed by atoms with E-state index in [2.05, 4.69) is 9.97 Å². The van der Waals surface area contributed by atoms with Crippen LogP contribution in [0.15, 0.2) is 6.20 Å². The van der Waals surface area contributed by atoms with Gasteiger partial charge in [-0.15, -0.1) is 0 Å². The number of carbonyl (C=O) groups excluding carboxylic acids is 1. The van der Waals surface area contributed by atoms with E-state index in [-0.39, 0.29) is 18.3 Å². The second kappa shape index (κ2) is 6.06. The van der Waals surface area contributed by atoms with Crippen LogP contribution in [0.4, 0.5) is 16.2 Å². The molecule has 2 heterocycles. The Kier molecular flexibility index (Phi) is 4.13. The van der Waals surface area contributed by atoms with Crippen molar-refractivity contribution in [1.82, 2.24) is 14.9 Å². The van der Waals surface area contributed by atoms with Gasteiger partial charge in [-0.1, -0.05) is 12.8 Å². The Balaban J connectivity index is 1.72. The fourth-order valence-electron chi connectivity index (χ4n) is 3.27. The molecule has 1 aromatic heterocycles. The first-order valence-electron chi connectivity index (χ1n) is 7.80. The van der Waals surface area contributed by atoms with Crippen LogP contribution in [0.2, 0.25) is 0 Å². The lowest BCUT2D eigenvalue weighted by Gasteiger charge is -2.37. The molecule has 2 fully saturated rings. The molecular formula is C15H22FN5O. The van der Waals surface area contributed by atoms with Crippen molar-refractivity contribution < 1.29 is 9.18 Å². The number of hydrogen-bond acceptors (Lipinski definition) is 5. The molecule has 1 saturated heterocycles. The summed E-state index contributed by atoms with van der Waals surface area (Å²) in [5, 5.41) is 0. The van der Waals surface area contributed by atoms with Crippen LogP contribution in [0.1, 0.15) is 25.7 Å². The Morgan fingerprint density at radius 2 is 2.00 bits per heavy atom. The summed E-state index contributed by atoms with van der Waals surface area (Å²) in [5.41, 5.74) is 0. The summed E-state index contributed by atoms with van der Waals surface area (Å²) in [6.45, 7) is 1.66. The summed E-state index contributed by atoms with van der Waals surface area (Å²) in [5.74, 6) is 0.335. The zero-order valence-electron chi connectivity index (χ0n) is 13.1. The van der Waals surface area contributed by atoms with E-state index >= 15 is 0 Å². The van der Waals surface area contributed by atoms with Crippen molar-refractivity contribution in [2.24, 2.45) is 0 Å². The van der Waals surface area contributed by atoms with Gasteiger partial charge >= 0.3 is 0 Å². The first-order valence-corrected chi connectivity index (χ1v) is 7.80. The third kappa shape index (κ3) is 2.84. The Bertz CT molecular complexity index is 559. The minimum absolute atomic E-state index is 0.123. The van der Waals surface area contributed by atoms with Gasteiger partial charge in [0.25, 0.3) is 0 Å². The molecule has 3 rings (SSSR count). The molecule has 0 aromatic carbocycles. The average Bonchev–Trinajstić information content (AvgIpc) is 3.01. The van der Waals surface area contributed by atoms with Gasteiger partial charge in [-0.25, -0.2) is 9.37 Å². The summed E-state index contributed by atoms with van der Waals surface area (Å²) in [6.07, 6.45) is 5.83. The van der Waals surface area contributed by atoms with Gasteiger partial charge in [0.15, 0.2) is 11.6 Å². The number of piperazine rings is 1. The third-order valence-corrected chi connectivity index (χ3v) is 4.44. The Labute approximate surface area is 129 Å². The zero-order chi connectivity index (χ0) is 15.7. The second-order valence-corrected chi connectivity index (χ2v) is 6.18. The molecule has 1 aromatic rings. The van der Waals surface area contributed by atoms with Gasteiger partial charge in [0.2, 0.25) is 11.9 Å². The molecule has 0 unspecified atom stereocenters. The van der Waals surface area contributed by atoms with E-state index in [1.807, 2.05) is 9.80 Å². The van der Waals surface area contributed by atoms with Crippen LogP contribution in [0.5, 0.6) is 0 Å². The second-order valence-electron chi connectivity index (χ2n) is 6.18. The number of amides is 1. The van der Waals surface area contributed by atoms with Crippen LogP contribution in [-0.2, 0) is 4.79 Å². The standard InChI is InChI=1S/C15H22FN5O/c1-19(2)14-12(16)9-17-15(18-14)20-7-8-21(13(22)10-20)11-5-3-4-6-11/h9,11H,3-8,10H2,1-2H3. The van der Waals surface area contributed by atoms with Crippen molar-refractivity contribution in [3.05, 3.63) is 12.0 Å². The van der Waals surface area contributed by atoms with Crippen molar-refractivity contribution >= 4 is 17.7 Å². The molecule has 1 aliphatic heterocycles. The van der Waals surface area contributed by atoms with Crippen LogP contribution in [0.25, 0.3) is 0 Å². The van der Waals surface area contributed by atoms with Gasteiger partial charge in [0.05, 0.1) is 6.20 Å². The zero-order valence-corrected chi connectivity index (χ0v) is 13.1. The largest absolute Gasteiger partial charge is 0.360 e. The highest BCUT2D eigenvalue weighted by Gasteiger charge is 2.32. The Morgan fingerprint density at radius 1 is 1.27 bits per heavy atom. The third-order valence-electron chi connectivity index (χ3n) is 4.44. The van der Waals surface area contributed by atoms with E-state index in [0.29, 0.717) is 25.1 Å². The number of halogens is 1. The average molecular weight is 307 g/mol. The highest BCUT2D eigenvalue weighted by Crippen LogP contribution is 2.26. The van der Waals surface area contributed by atoms with Crippen molar-refractivity contribution in [2.75, 3.05) is 43.5 Å². The van der Waals surface area contributed by atoms with E-state index < -0.39 is 5.82 Å². The quantitative estimate of drug-likeness (QED) is 0.842. The van der Waals surface area contributed by atoms with Gasteiger partial charge in [-0.05, 0) is 12.8 Å². The highest BCUT2D eigenvalue weighted by molar-refractivity contribution is 5.82. The topological polar surface area (TPSA) is 52.6 Å². The molecule has 1 amide bonds. The number of anilines is 2. The maximum absolute atomic E-state index is 13.7. The molecule has 0 spiro atoms. The molecule has 1 saturated carbocycles. The van der Waals surface area contributed by atoms with Crippen molar-refractivity contribution in [3.63, 3.8) is 0 Å². The van der Waals surface area contributed by atoms with E-state index in [9.17, 15) is 9.18 Å². The molecule has 22 heavy (non-hydrogen) atoms. The van der Waals surface area contributed by atoms with Gasteiger partial charge < -0.3 is 14.7 Å². The van der Waals surface area contributed by atoms with Gasteiger partial charge in [0, 0.05) is 33.2 Å². The fourth-order valence-corrected chi connectivity index (χ4v) is 3.27. The van der Waals surface area contributed by atoms with Crippen molar-refractivity contribution in [1.29, 1.82) is 0 Å². The minimum Gasteiger partial charge on any atom is -0.360 e. The maximum atomic E-state index is 13.7. The molecule has 6 nitrogen and oxygen atoms in total. The predicted octanol–water partition coefficient (Wildman–Crippen LogP) is 1.27. The number of hydrogen-bond donors (Lipinski definition) is 0. The first kappa shape index (κ1) is 15.0. The molecule has 7 heteroatoms. The summed E-state index contributed by atoms with van der Waals surface area (Å²) < 4.78 is 13.7. The molecule has 0 N–H and O–H groups in total. The highest BCUT2D eigenvalue weighted by atomic mass is 19.1. The van der Waals surface area contributed by atoms with Crippen LogP contribution >= 0.6 is 0 Å². The van der Waals surface area contributed by atoms with E-state index in [1.54, 1.807) is 19.0 Å². The lowest BCUT2D eigenvalue weighted by Crippen LogP contribution is -2.54. The number of nitrogens with zero attached hydrogens (tertiary/aromatic N) is 5. The van der Waals surface area contributed by atoms with Gasteiger partial charge in [-0.3, -0.25) is 4.79 Å². The lowest BCUT2D eigenvalue weighted by molar-refractivity contribution is -0.133. The summed E-state index contributed by atoms with van der Waals surface area (Å²) >= 11 is 0. The summed E-state index contributed by atoms with van der Waals surface area (Å²) in [6, 6.07) is 0.404. The van der Waals surface area contributed by atoms with Crippen LogP contribution in [-0.4, -0.2) is 60.5 Å². The van der Waals surface area contributed by atoms with Gasteiger partial charge in [0.1, 0.15) is 6.54 Å². The fraction of sp³-hybridized carbons (Fsp3) is 0.667. The van der Waals surface area contributed by atoms with E-state index in [0.717, 1.165) is 12.8 Å². The molecule has 1 aliphatic carbocycles. The molecule has 0 bridgehead atoms. The lowest BCUT2D eigenvalue weighted by atomic mass is 10.2. The number of carbonyl (C=O) groups is 1. The first-order chi connectivity index (χ1) is 10.6. The predicted molar refractivity (Wildman–Crippen MR) is 82.5 cm³/mol. The number of aromatic nitrogens is 2. The maximum Gasteiger partial charge on any atom is 0.242 e. The summed E-state index contributed by atoms with van der Waals surface area (Å²) in [7, 11) is 3.47. The Morgan fingerprint density at radius 3 is 2.64 bits per heavy atom.